The van der Waals surface area contributed by atoms with Crippen molar-refractivity contribution in [1.82, 2.24) is 0 Å². The van der Waals surface area contributed by atoms with Gasteiger partial charge in [0, 0.05) is 82.2 Å². The zero-order valence-electron chi connectivity index (χ0n) is 29.0. The fourth-order valence-electron chi connectivity index (χ4n) is 3.29. The maximum atomic E-state index is 12.4. The maximum absolute atomic E-state index is 12.4. The first-order chi connectivity index (χ1) is 25.8. The van der Waals surface area contributed by atoms with Crippen LogP contribution < -0.4 is 51.4 Å². The number of alkyl halides is 13. The van der Waals surface area contributed by atoms with Gasteiger partial charge in [0.1, 0.15) is 0 Å². The van der Waals surface area contributed by atoms with E-state index in [9.17, 15) is 46.9 Å². The molecule has 5 rings (SSSR count). The molecule has 0 aromatic heterocycles. The normalized spacial score (nSPS) is 10.3. The molecular formula is C37H37AgBr6F11KS4. The number of thiol groups is 1. The van der Waals surface area contributed by atoms with Gasteiger partial charge in [-0.25, -0.2) is 0 Å². The van der Waals surface area contributed by atoms with E-state index >= 15 is 0 Å². The predicted molar refractivity (Wildman–Crippen MR) is 252 cm³/mol. The summed E-state index contributed by atoms with van der Waals surface area (Å²) in [5.74, 6) is 0. The van der Waals surface area contributed by atoms with Crippen molar-refractivity contribution in [2.45, 2.75) is 60.8 Å². The number of halogens is 17. The summed E-state index contributed by atoms with van der Waals surface area (Å²) in [6.45, 7) is 0. The van der Waals surface area contributed by atoms with Gasteiger partial charge in [0.25, 0.3) is 0 Å². The molecule has 0 nitrogen and oxygen atoms in total. The van der Waals surface area contributed by atoms with Crippen LogP contribution in [0, 0.1) is 0 Å². The molecule has 0 atom stereocenters. The molecule has 0 saturated carbocycles. The van der Waals surface area contributed by atoms with E-state index in [1.54, 1.807) is 72.8 Å². The summed E-state index contributed by atoms with van der Waals surface area (Å²) in [6.07, 6.45) is 0. The number of thioether (sulfide) groups is 3. The topological polar surface area (TPSA) is 0 Å². The molecule has 0 bridgehead atoms. The van der Waals surface area contributed by atoms with Gasteiger partial charge >= 0.3 is 94.9 Å². The van der Waals surface area contributed by atoms with Gasteiger partial charge in [-0.1, -0.05) is 107 Å². The van der Waals surface area contributed by atoms with Crippen molar-refractivity contribution in [3.63, 3.8) is 0 Å². The first kappa shape index (κ1) is 71.0. The van der Waals surface area contributed by atoms with Crippen LogP contribution in [0.15, 0.2) is 160 Å². The minimum atomic E-state index is -4.26. The fourth-order valence-corrected chi connectivity index (χ4v) is 7.13. The molecule has 0 aliphatic rings. The predicted octanol–water partition coefficient (Wildman–Crippen LogP) is 18.3. The molecule has 23 heteroatoms. The van der Waals surface area contributed by atoms with Gasteiger partial charge in [0.15, 0.2) is 0 Å². The van der Waals surface area contributed by atoms with Gasteiger partial charge in [0.2, 0.25) is 0 Å². The molecule has 5 aromatic rings. The average molecular weight is 1450 g/mol. The Labute approximate surface area is 471 Å². The molecule has 340 valence electrons. The Bertz CT molecular complexity index is 1770. The van der Waals surface area contributed by atoms with Crippen molar-refractivity contribution in [2.24, 2.45) is 0 Å². The van der Waals surface area contributed by atoms with Crippen LogP contribution in [0.25, 0.3) is 11.1 Å². The minimum absolute atomic E-state index is 0. The Morgan fingerprint density at radius 1 is 0.467 bits per heavy atom. The van der Waals surface area contributed by atoms with E-state index < -0.39 is 18.9 Å². The van der Waals surface area contributed by atoms with E-state index in [1.165, 1.54) is 33.7 Å². The molecule has 0 amide bonds. The van der Waals surface area contributed by atoms with Gasteiger partial charge in [-0.05, 0) is 137 Å². The number of benzene rings is 5. The van der Waals surface area contributed by atoms with Crippen LogP contribution in [0.4, 0.5) is 46.9 Å². The molecule has 0 unspecified atom stereocenters. The third kappa shape index (κ3) is 39.2. The second kappa shape index (κ2) is 37.0. The smallest absolute Gasteiger partial charge is 1.00 e. The van der Waals surface area contributed by atoms with Crippen molar-refractivity contribution >= 4 is 143 Å². The van der Waals surface area contributed by atoms with Crippen LogP contribution in [0.5, 0.6) is 0 Å². The van der Waals surface area contributed by atoms with Crippen molar-refractivity contribution in [3.8, 4) is 11.1 Å². The largest absolute Gasteiger partial charge is 1.00 e. The average Bonchev–Trinajstić information content (AvgIpc) is 3.08. The molecule has 60 heavy (non-hydrogen) atoms. The number of hydrogen-bond donors (Lipinski definition) is 1. The molecule has 0 fully saturated rings. The van der Waals surface area contributed by atoms with Crippen molar-refractivity contribution < 1.29 is 123 Å². The van der Waals surface area contributed by atoms with Crippen LogP contribution in [0.2, 0.25) is 0 Å². The van der Waals surface area contributed by atoms with E-state index in [2.05, 4.69) is 76.3 Å². The summed E-state index contributed by atoms with van der Waals surface area (Å²) >= 11 is 21.6. The van der Waals surface area contributed by atoms with E-state index in [0.717, 1.165) is 14.9 Å². The van der Waals surface area contributed by atoms with E-state index in [1.807, 2.05) is 74.3 Å². The SMILES string of the molecule is C.C.C.FC(F)(Br)Br.FC(F)(Br)Sc1ccccc1Br.FC(F)(F)Sc1ccccc1-c1ccccc1.FC(F)(F)Sc1ccccc1Br.Sc1ccccc1Br.[F][Ag].[H-].[HH].[K+]. The molecule has 0 spiro atoms. The molecule has 0 aliphatic carbocycles. The summed E-state index contributed by atoms with van der Waals surface area (Å²) in [4.78, 5) is 1.91. The van der Waals surface area contributed by atoms with Gasteiger partial charge in [-0.15, -0.1) is 12.6 Å². The van der Waals surface area contributed by atoms with Gasteiger partial charge < -0.3 is 1.43 Å². The van der Waals surface area contributed by atoms with Crippen molar-refractivity contribution in [3.05, 3.63) is 141 Å². The summed E-state index contributed by atoms with van der Waals surface area (Å²) in [5.41, 5.74) is -7.08. The van der Waals surface area contributed by atoms with Gasteiger partial charge in [-0.3, -0.25) is 0 Å². The standard InChI is InChI=1S/C13H9F3S.C7H4Br2F2S.C7H4BrF3S.C6H5BrS.CBr2F2.3CH4.Ag.FH.K.H2.H/c14-13(15,16)17-12-9-5-4-8-11(12)10-6-2-1-3-7-10;2*8-5-3-1-2-4-6(5)12-7(9,10)11;7-5-3-1-2-4-6(5)8;2-1(3,4)5;;;;;;;;/h1-9H;2*1-4H;1-4,8H;;3*1H4;;1H;;1H;/q;;;;;;;;+1;;+1;;-1/p-1. The summed E-state index contributed by atoms with van der Waals surface area (Å²) in [5, 5.41) is 0. The molecule has 0 heterocycles. The minimum Gasteiger partial charge on any atom is -1.00 e. The third-order valence-corrected chi connectivity index (χ3v) is 11.4. The van der Waals surface area contributed by atoms with Crippen LogP contribution in [-0.2, 0) is 21.6 Å². The molecule has 0 radical (unpaired) electrons. The Kier molecular flexibility index (Phi) is 43.8. The van der Waals surface area contributed by atoms with Gasteiger partial charge in [-0.2, -0.15) is 43.9 Å². The number of rotatable bonds is 5. The monoisotopic (exact) mass is 1440 g/mol. The first-order valence-corrected chi connectivity index (χ1v) is 22.3. The van der Waals surface area contributed by atoms with Crippen molar-refractivity contribution in [2.75, 3.05) is 0 Å². The Balaban J connectivity index is -0.000000123. The van der Waals surface area contributed by atoms with Crippen LogP contribution in [0.3, 0.4) is 0 Å². The van der Waals surface area contributed by atoms with E-state index in [0.29, 0.717) is 31.2 Å². The molecular weight excluding hydrogens is 1410 g/mol. The van der Waals surface area contributed by atoms with E-state index in [-0.39, 0.29) is 110 Å². The van der Waals surface area contributed by atoms with Crippen LogP contribution in [-0.4, -0.2) is 18.9 Å². The van der Waals surface area contributed by atoms with Crippen LogP contribution >= 0.6 is 143 Å². The second-order valence-corrected chi connectivity index (χ2v) is 20.2. The first-order valence-electron chi connectivity index (χ1n) is 14.1. The van der Waals surface area contributed by atoms with Crippen molar-refractivity contribution in [1.29, 1.82) is 0 Å². The summed E-state index contributed by atoms with van der Waals surface area (Å²) in [6, 6.07) is 36.5. The molecule has 0 aliphatic heterocycles. The zero-order chi connectivity index (χ0) is 43.2. The molecule has 0 N–H and O–H groups in total. The van der Waals surface area contributed by atoms with Gasteiger partial charge in [0.05, 0.1) is 0 Å². The Morgan fingerprint density at radius 3 is 1.10 bits per heavy atom. The summed E-state index contributed by atoms with van der Waals surface area (Å²) < 4.78 is 125. The maximum Gasteiger partial charge on any atom is 1.00 e. The number of hydrogen-bond acceptors (Lipinski definition) is 4. The molecule has 0 saturated heterocycles. The Hall–Kier alpha value is 1.99. The zero-order valence-corrected chi connectivity index (χ0v) is 45.5. The third-order valence-electron chi connectivity index (χ3n) is 5.17. The van der Waals surface area contributed by atoms with Crippen LogP contribution in [0.1, 0.15) is 25.1 Å². The quantitative estimate of drug-likeness (QED) is 0.0613. The fraction of sp³-hybridized carbons (Fsp3) is 0.189. The summed E-state index contributed by atoms with van der Waals surface area (Å²) in [7, 11) is 0. The second-order valence-electron chi connectivity index (χ2n) is 9.25. The Morgan fingerprint density at radius 2 is 0.767 bits per heavy atom. The van der Waals surface area contributed by atoms with E-state index in [4.69, 9.17) is 0 Å². The molecule has 5 aromatic carbocycles.